The number of hydrogen-bond acceptors (Lipinski definition) is 5. The van der Waals surface area contributed by atoms with Gasteiger partial charge < -0.3 is 20.3 Å². The van der Waals surface area contributed by atoms with Crippen molar-refractivity contribution in [2.45, 2.75) is 70.5 Å². The molecule has 1 amide bonds. The molecule has 3 unspecified atom stereocenters. The second kappa shape index (κ2) is 10.8. The number of carbonyl (C=O) groups is 3. The normalized spacial score (nSPS) is 22.8. The van der Waals surface area contributed by atoms with Gasteiger partial charge in [0, 0.05) is 35.6 Å². The summed E-state index contributed by atoms with van der Waals surface area (Å²) in [5, 5.41) is 19.8. The SMILES string of the molecule is CCC(C)C(NCCc1csc2ccccc12)C(=O)N[C@H]1CCc2ccn3c2C1C(=O)C[C@H](C(=O)O)C3. The molecule has 1 aliphatic heterocycles. The molecule has 196 valence electrons. The van der Waals surface area contributed by atoms with Crippen LogP contribution < -0.4 is 10.6 Å². The minimum Gasteiger partial charge on any atom is -0.481 e. The number of aromatic nitrogens is 1. The van der Waals surface area contributed by atoms with E-state index < -0.39 is 17.8 Å². The summed E-state index contributed by atoms with van der Waals surface area (Å²) in [5.74, 6) is -2.23. The summed E-state index contributed by atoms with van der Waals surface area (Å²) in [6, 6.07) is 9.68. The number of carbonyl (C=O) groups excluding carboxylic acids is 2. The van der Waals surface area contributed by atoms with Gasteiger partial charge in [-0.2, -0.15) is 0 Å². The molecule has 0 saturated carbocycles. The number of hydrogen-bond donors (Lipinski definition) is 3. The Kier molecular flexibility index (Phi) is 7.49. The summed E-state index contributed by atoms with van der Waals surface area (Å²) in [6.07, 6.45) is 5.02. The van der Waals surface area contributed by atoms with E-state index in [1.807, 2.05) is 16.8 Å². The maximum Gasteiger partial charge on any atom is 0.308 e. The van der Waals surface area contributed by atoms with Gasteiger partial charge in [0.25, 0.3) is 0 Å². The van der Waals surface area contributed by atoms with E-state index in [4.69, 9.17) is 0 Å². The Morgan fingerprint density at radius 3 is 2.84 bits per heavy atom. The fraction of sp³-hybridized carbons (Fsp3) is 0.483. The highest BCUT2D eigenvalue weighted by molar-refractivity contribution is 7.17. The van der Waals surface area contributed by atoms with Gasteiger partial charge in [0.1, 0.15) is 5.78 Å². The number of ketones is 1. The number of benzene rings is 1. The van der Waals surface area contributed by atoms with Crippen molar-refractivity contribution in [2.75, 3.05) is 6.54 Å². The number of thiophene rings is 1. The number of aliphatic carboxylic acids is 1. The van der Waals surface area contributed by atoms with Gasteiger partial charge in [-0.25, -0.2) is 0 Å². The van der Waals surface area contributed by atoms with Crippen molar-refractivity contribution in [1.29, 1.82) is 0 Å². The zero-order chi connectivity index (χ0) is 26.1. The number of aryl methyl sites for hydroxylation is 1. The molecule has 0 bridgehead atoms. The monoisotopic (exact) mass is 521 g/mol. The third-order valence-electron chi connectivity index (χ3n) is 8.22. The lowest BCUT2D eigenvalue weighted by Gasteiger charge is -2.34. The van der Waals surface area contributed by atoms with E-state index in [0.717, 1.165) is 30.5 Å². The summed E-state index contributed by atoms with van der Waals surface area (Å²) < 4.78 is 3.20. The lowest BCUT2D eigenvalue weighted by molar-refractivity contribution is -0.144. The van der Waals surface area contributed by atoms with Crippen LogP contribution in [0.5, 0.6) is 0 Å². The molecule has 2 aromatic heterocycles. The van der Waals surface area contributed by atoms with Crippen LogP contribution in [-0.2, 0) is 33.8 Å². The number of amides is 1. The van der Waals surface area contributed by atoms with Crippen molar-refractivity contribution in [3.8, 4) is 0 Å². The largest absolute Gasteiger partial charge is 0.481 e. The molecule has 5 atom stereocenters. The Hall–Kier alpha value is -2.97. The zero-order valence-corrected chi connectivity index (χ0v) is 22.2. The maximum atomic E-state index is 13.6. The third kappa shape index (κ3) is 5.09. The molecule has 7 nitrogen and oxygen atoms in total. The molecule has 8 heteroatoms. The molecule has 3 heterocycles. The van der Waals surface area contributed by atoms with Crippen LogP contribution in [0.4, 0.5) is 0 Å². The van der Waals surface area contributed by atoms with Crippen molar-refractivity contribution in [1.82, 2.24) is 15.2 Å². The van der Waals surface area contributed by atoms with E-state index in [9.17, 15) is 19.5 Å². The van der Waals surface area contributed by atoms with Crippen molar-refractivity contribution in [3.05, 3.63) is 58.7 Å². The maximum absolute atomic E-state index is 13.6. The fourth-order valence-electron chi connectivity index (χ4n) is 5.97. The molecule has 5 rings (SSSR count). The Labute approximate surface area is 221 Å². The molecule has 3 N–H and O–H groups in total. The van der Waals surface area contributed by atoms with E-state index in [1.165, 1.54) is 15.6 Å². The van der Waals surface area contributed by atoms with E-state index in [-0.39, 0.29) is 36.1 Å². The van der Waals surface area contributed by atoms with E-state index in [2.05, 4.69) is 54.1 Å². The molecule has 0 saturated heterocycles. The molecule has 1 aromatic carbocycles. The van der Waals surface area contributed by atoms with Crippen molar-refractivity contribution in [3.63, 3.8) is 0 Å². The molecule has 0 radical (unpaired) electrons. The van der Waals surface area contributed by atoms with Crippen molar-refractivity contribution in [2.24, 2.45) is 11.8 Å². The van der Waals surface area contributed by atoms with Gasteiger partial charge in [0.2, 0.25) is 5.91 Å². The number of rotatable bonds is 9. The van der Waals surface area contributed by atoms with E-state index >= 15 is 0 Å². The van der Waals surface area contributed by atoms with Crippen LogP contribution in [0.15, 0.2) is 41.9 Å². The third-order valence-corrected chi connectivity index (χ3v) is 9.23. The number of fused-ring (bicyclic) bond motifs is 1. The van der Waals surface area contributed by atoms with Gasteiger partial charge in [0.15, 0.2) is 0 Å². The summed E-state index contributed by atoms with van der Waals surface area (Å²) in [5.41, 5.74) is 3.27. The second-order valence-electron chi connectivity index (χ2n) is 10.5. The summed E-state index contributed by atoms with van der Waals surface area (Å²) in [4.78, 5) is 38.7. The van der Waals surface area contributed by atoms with Gasteiger partial charge in [-0.1, -0.05) is 38.5 Å². The van der Waals surface area contributed by atoms with E-state index in [1.54, 1.807) is 11.3 Å². The van der Waals surface area contributed by atoms with Crippen LogP contribution in [0.2, 0.25) is 0 Å². The molecule has 37 heavy (non-hydrogen) atoms. The van der Waals surface area contributed by atoms with E-state index in [0.29, 0.717) is 19.5 Å². The van der Waals surface area contributed by atoms with Gasteiger partial charge in [-0.3, -0.25) is 14.4 Å². The zero-order valence-electron chi connectivity index (χ0n) is 21.4. The Bertz CT molecular complexity index is 1310. The minimum atomic E-state index is -0.950. The smallest absolute Gasteiger partial charge is 0.308 e. The molecular formula is C29H35N3O4S. The fourth-order valence-corrected chi connectivity index (χ4v) is 6.96. The second-order valence-corrected chi connectivity index (χ2v) is 11.5. The number of carboxylic acids is 1. The first-order valence-corrected chi connectivity index (χ1v) is 14.2. The molecule has 0 spiro atoms. The lowest BCUT2D eigenvalue weighted by atomic mass is 9.79. The first-order valence-electron chi connectivity index (χ1n) is 13.3. The van der Waals surface area contributed by atoms with Crippen LogP contribution in [0.1, 0.15) is 55.8 Å². The summed E-state index contributed by atoms with van der Waals surface area (Å²) in [7, 11) is 0. The van der Waals surface area contributed by atoms with Crippen LogP contribution >= 0.6 is 11.3 Å². The molecular weight excluding hydrogens is 486 g/mol. The topological polar surface area (TPSA) is 100 Å². The number of carboxylic acid groups (broad SMARTS) is 1. The Balaban J connectivity index is 1.30. The molecule has 2 aliphatic rings. The highest BCUT2D eigenvalue weighted by Crippen LogP contribution is 2.38. The van der Waals surface area contributed by atoms with Gasteiger partial charge >= 0.3 is 5.97 Å². The van der Waals surface area contributed by atoms with Gasteiger partial charge in [-0.15, -0.1) is 11.3 Å². The number of nitrogens with one attached hydrogen (secondary N) is 2. The van der Waals surface area contributed by atoms with Gasteiger partial charge in [0.05, 0.1) is 17.9 Å². The first kappa shape index (κ1) is 25.7. The van der Waals surface area contributed by atoms with Gasteiger partial charge in [-0.05, 0) is 65.8 Å². The standard InChI is InChI=1S/C29H35N3O4S/c1-3-17(2)26(30-12-10-19-16-37-24-7-5-4-6-21(19)24)28(34)31-22-9-8-18-11-13-32-15-20(29(35)36)14-23(33)25(22)27(18)32/h4-7,11,13,16-17,20,22,25-26,30H,3,8-10,12,14-15H2,1-2H3,(H,31,34)(H,35,36)/t17?,20-,22-,25?,26?/m0/s1. The number of nitrogens with zero attached hydrogens (tertiary/aromatic N) is 1. The summed E-state index contributed by atoms with van der Waals surface area (Å²) >= 11 is 1.74. The average Bonchev–Trinajstić information content (AvgIpc) is 3.45. The first-order chi connectivity index (χ1) is 17.9. The van der Waals surface area contributed by atoms with Crippen LogP contribution in [0, 0.1) is 11.8 Å². The van der Waals surface area contributed by atoms with Crippen LogP contribution in [0.3, 0.4) is 0 Å². The quantitative estimate of drug-likeness (QED) is 0.393. The predicted molar refractivity (Wildman–Crippen MR) is 145 cm³/mol. The highest BCUT2D eigenvalue weighted by Gasteiger charge is 2.42. The minimum absolute atomic E-state index is 0.00483. The summed E-state index contributed by atoms with van der Waals surface area (Å²) in [6.45, 7) is 5.14. The molecule has 3 aromatic rings. The highest BCUT2D eigenvalue weighted by atomic mass is 32.1. The predicted octanol–water partition coefficient (Wildman–Crippen LogP) is 4.14. The van der Waals surface area contributed by atoms with Crippen LogP contribution in [-0.4, -0.2) is 46.0 Å². The Morgan fingerprint density at radius 2 is 2.05 bits per heavy atom. The number of Topliss-reactive ketones (excluding diaryl/α,β-unsaturated/α-hetero) is 1. The molecule has 1 aliphatic carbocycles. The van der Waals surface area contributed by atoms with Crippen molar-refractivity contribution < 1.29 is 19.5 Å². The Morgan fingerprint density at radius 1 is 1.24 bits per heavy atom. The van der Waals surface area contributed by atoms with Crippen LogP contribution in [0.25, 0.3) is 10.1 Å². The molecule has 0 fully saturated rings. The van der Waals surface area contributed by atoms with Crippen molar-refractivity contribution >= 4 is 39.1 Å². The average molecular weight is 522 g/mol. The lowest BCUT2D eigenvalue weighted by Crippen LogP contribution is -2.54.